The van der Waals surface area contributed by atoms with E-state index in [1.807, 2.05) is 0 Å². The van der Waals surface area contributed by atoms with Crippen LogP contribution < -0.4 is 16.4 Å². The number of fused-ring (bicyclic) bond motifs is 1. The molecule has 31 heavy (non-hydrogen) atoms. The van der Waals surface area contributed by atoms with Crippen molar-refractivity contribution in [2.75, 3.05) is 10.6 Å². The molecule has 0 bridgehead atoms. The van der Waals surface area contributed by atoms with Crippen molar-refractivity contribution >= 4 is 28.3 Å². The molecule has 1 aromatic carbocycles. The molecule has 1 saturated carbocycles. The predicted octanol–water partition coefficient (Wildman–Crippen LogP) is 4.65. The number of hydrogen-bond acceptors (Lipinski definition) is 4. The Balaban J connectivity index is 1.72. The lowest BCUT2D eigenvalue weighted by Gasteiger charge is -2.28. The fourth-order valence-corrected chi connectivity index (χ4v) is 3.75. The maximum Gasteiger partial charge on any atom is 0.431 e. The van der Waals surface area contributed by atoms with Gasteiger partial charge in [-0.25, -0.2) is 9.37 Å². The van der Waals surface area contributed by atoms with Crippen LogP contribution in [0.5, 0.6) is 0 Å². The lowest BCUT2D eigenvalue weighted by atomic mass is 9.91. The van der Waals surface area contributed by atoms with Crippen LogP contribution in [0.2, 0.25) is 0 Å². The summed E-state index contributed by atoms with van der Waals surface area (Å²) in [6.07, 6.45) is -0.310. The first kappa shape index (κ1) is 21.1. The second-order valence-electron chi connectivity index (χ2n) is 7.71. The number of aromatic amines is 1. The molecule has 0 atom stereocenters. The van der Waals surface area contributed by atoms with E-state index >= 15 is 0 Å². The summed E-state index contributed by atoms with van der Waals surface area (Å²) in [5.41, 5.74) is 5.76. The lowest BCUT2D eigenvalue weighted by molar-refractivity contribution is -0.140. The minimum Gasteiger partial charge on any atom is -0.381 e. The van der Waals surface area contributed by atoms with Crippen molar-refractivity contribution in [3.63, 3.8) is 0 Å². The molecule has 5 N–H and O–H groups in total. The van der Waals surface area contributed by atoms with Crippen LogP contribution in [0.3, 0.4) is 0 Å². The average molecular weight is 435 g/mol. The van der Waals surface area contributed by atoms with Gasteiger partial charge in [-0.05, 0) is 56.0 Å². The number of nitrogens with zero attached hydrogens (tertiary/aromatic N) is 1. The van der Waals surface area contributed by atoms with Crippen molar-refractivity contribution in [1.82, 2.24) is 9.97 Å². The van der Waals surface area contributed by atoms with Gasteiger partial charge in [0.25, 0.3) is 5.91 Å². The van der Waals surface area contributed by atoms with Crippen LogP contribution in [-0.2, 0) is 6.18 Å². The second kappa shape index (κ2) is 8.18. The lowest BCUT2D eigenvalue weighted by Crippen LogP contribution is -2.33. The molecule has 2 heterocycles. The van der Waals surface area contributed by atoms with Crippen LogP contribution >= 0.6 is 0 Å². The molecule has 0 spiro atoms. The van der Waals surface area contributed by atoms with Gasteiger partial charge in [-0.15, -0.1) is 0 Å². The van der Waals surface area contributed by atoms with Gasteiger partial charge in [0, 0.05) is 29.4 Å². The number of benzene rings is 1. The van der Waals surface area contributed by atoms with E-state index in [1.54, 1.807) is 0 Å². The van der Waals surface area contributed by atoms with Gasteiger partial charge in [0.1, 0.15) is 17.2 Å². The zero-order chi connectivity index (χ0) is 22.2. The Morgan fingerprint density at radius 3 is 2.45 bits per heavy atom. The average Bonchev–Trinajstić information content (AvgIpc) is 3.17. The molecule has 10 heteroatoms. The van der Waals surface area contributed by atoms with Crippen LogP contribution in [0.15, 0.2) is 36.5 Å². The van der Waals surface area contributed by atoms with Crippen molar-refractivity contribution in [1.29, 1.82) is 0 Å². The zero-order valence-corrected chi connectivity index (χ0v) is 16.4. The van der Waals surface area contributed by atoms with Gasteiger partial charge in [0.15, 0.2) is 0 Å². The Labute approximate surface area is 175 Å². The molecule has 1 fully saturated rings. The highest BCUT2D eigenvalue weighted by Gasteiger charge is 2.34. The number of aromatic nitrogens is 2. The minimum absolute atomic E-state index is 0.0284. The van der Waals surface area contributed by atoms with Crippen LogP contribution in [0, 0.1) is 5.82 Å². The molecule has 1 aliphatic rings. The summed E-state index contributed by atoms with van der Waals surface area (Å²) in [7, 11) is 0. The first-order valence-electron chi connectivity index (χ1n) is 9.88. The highest BCUT2D eigenvalue weighted by Crippen LogP contribution is 2.35. The molecule has 0 unspecified atom stereocenters. The molecular weight excluding hydrogens is 414 g/mol. The van der Waals surface area contributed by atoms with Crippen LogP contribution in [0.4, 0.5) is 28.9 Å². The number of pyridine rings is 1. The molecule has 0 aliphatic heterocycles. The smallest absolute Gasteiger partial charge is 0.381 e. The maximum atomic E-state index is 13.2. The predicted molar refractivity (Wildman–Crippen MR) is 109 cm³/mol. The van der Waals surface area contributed by atoms with E-state index < -0.39 is 23.6 Å². The molecule has 4 rings (SSSR count). The monoisotopic (exact) mass is 435 g/mol. The number of hydrogen-bond donors (Lipinski definition) is 4. The van der Waals surface area contributed by atoms with Crippen molar-refractivity contribution in [2.45, 2.75) is 43.9 Å². The van der Waals surface area contributed by atoms with Crippen molar-refractivity contribution in [3.8, 4) is 0 Å². The third-order valence-corrected chi connectivity index (χ3v) is 5.43. The van der Waals surface area contributed by atoms with Gasteiger partial charge in [0.05, 0.1) is 11.3 Å². The van der Waals surface area contributed by atoms with Crippen LogP contribution in [-0.4, -0.2) is 28.0 Å². The van der Waals surface area contributed by atoms with E-state index in [0.29, 0.717) is 5.69 Å². The molecule has 1 aliphatic carbocycles. The van der Waals surface area contributed by atoms with E-state index in [2.05, 4.69) is 20.6 Å². The summed E-state index contributed by atoms with van der Waals surface area (Å²) in [4.78, 5) is 19.2. The van der Waals surface area contributed by atoms with Gasteiger partial charge >= 0.3 is 6.18 Å². The van der Waals surface area contributed by atoms with Gasteiger partial charge in [-0.1, -0.05) is 0 Å². The van der Waals surface area contributed by atoms with Crippen LogP contribution in [0.1, 0.15) is 41.7 Å². The van der Waals surface area contributed by atoms with Gasteiger partial charge in [-0.2, -0.15) is 13.2 Å². The van der Waals surface area contributed by atoms with Gasteiger partial charge in [-0.3, -0.25) is 4.79 Å². The number of nitrogens with two attached hydrogens (primary N) is 1. The fourth-order valence-electron chi connectivity index (χ4n) is 3.75. The number of anilines is 2. The Kier molecular flexibility index (Phi) is 5.57. The summed E-state index contributed by atoms with van der Waals surface area (Å²) in [6.45, 7) is 0. The topological polar surface area (TPSA) is 95.8 Å². The number of carbonyl (C=O) groups is 1. The zero-order valence-electron chi connectivity index (χ0n) is 16.4. The van der Waals surface area contributed by atoms with Crippen LogP contribution in [0.25, 0.3) is 11.0 Å². The van der Waals surface area contributed by atoms with E-state index in [0.717, 1.165) is 31.7 Å². The number of nitrogens with one attached hydrogen (secondary N) is 3. The molecule has 1 amide bonds. The highest BCUT2D eigenvalue weighted by atomic mass is 19.4. The van der Waals surface area contributed by atoms with Gasteiger partial charge in [0.2, 0.25) is 0 Å². The Morgan fingerprint density at radius 2 is 1.81 bits per heavy atom. The Bertz CT molecular complexity index is 1090. The quantitative estimate of drug-likeness (QED) is 0.449. The van der Waals surface area contributed by atoms with E-state index in [9.17, 15) is 22.4 Å². The number of rotatable bonds is 4. The SMILES string of the molecule is N[C@H]1CC[C@H](Nc2c(C(=O)Nc3ccc(F)cc3)cnc3[nH]c(C(F)(F)F)cc23)CC1. The standard InChI is InChI=1S/C21H21F4N5O/c22-11-1-5-14(6-2-11)29-20(31)16-10-27-19-15(9-17(30-19)21(23,24)25)18(16)28-13-7-3-12(26)4-8-13/h1-2,5-6,9-10,12-13H,3-4,7-8,26H2,(H,29,31)(H2,27,28,30)/t12-,13-. The number of alkyl halides is 3. The minimum atomic E-state index is -4.58. The Hall–Kier alpha value is -3.14. The second-order valence-corrected chi connectivity index (χ2v) is 7.71. The summed E-state index contributed by atoms with van der Waals surface area (Å²) in [6, 6.07) is 6.20. The molecule has 0 radical (unpaired) electrons. The largest absolute Gasteiger partial charge is 0.431 e. The third-order valence-electron chi connectivity index (χ3n) is 5.43. The van der Waals surface area contributed by atoms with E-state index in [-0.39, 0.29) is 34.4 Å². The molecule has 2 aromatic heterocycles. The molecule has 6 nitrogen and oxygen atoms in total. The van der Waals surface area contributed by atoms with Crippen molar-refractivity contribution < 1.29 is 22.4 Å². The van der Waals surface area contributed by atoms with E-state index in [4.69, 9.17) is 5.73 Å². The first-order valence-corrected chi connectivity index (χ1v) is 9.88. The third kappa shape index (κ3) is 4.63. The number of amides is 1. The fraction of sp³-hybridized carbons (Fsp3) is 0.333. The number of carbonyl (C=O) groups excluding carboxylic acids is 1. The molecule has 164 valence electrons. The van der Waals surface area contributed by atoms with Gasteiger partial charge < -0.3 is 21.4 Å². The summed E-state index contributed by atoms with van der Waals surface area (Å²) >= 11 is 0. The normalized spacial score (nSPS) is 19.4. The molecular formula is C21H21F4N5O. The maximum absolute atomic E-state index is 13.2. The first-order chi connectivity index (χ1) is 14.7. The summed E-state index contributed by atoms with van der Waals surface area (Å²) in [5.74, 6) is -1.02. The molecule has 3 aromatic rings. The summed E-state index contributed by atoms with van der Waals surface area (Å²) in [5, 5.41) is 6.06. The van der Waals surface area contributed by atoms with Crippen molar-refractivity contribution in [2.24, 2.45) is 5.73 Å². The highest BCUT2D eigenvalue weighted by molar-refractivity contribution is 6.12. The van der Waals surface area contributed by atoms with E-state index in [1.165, 1.54) is 30.5 Å². The number of halogens is 4. The number of H-pyrrole nitrogens is 1. The Morgan fingerprint density at radius 1 is 1.13 bits per heavy atom. The van der Waals surface area contributed by atoms with Crippen molar-refractivity contribution in [3.05, 3.63) is 53.6 Å². The molecule has 0 saturated heterocycles. The summed E-state index contributed by atoms with van der Waals surface area (Å²) < 4.78 is 52.8.